The fraction of sp³-hybridized carbons (Fsp3) is 1.00. The van der Waals surface area contributed by atoms with E-state index in [0.29, 0.717) is 0 Å². The van der Waals surface area contributed by atoms with Gasteiger partial charge >= 0.3 is 18.9 Å². The fourth-order valence-electron chi connectivity index (χ4n) is 0. The van der Waals surface area contributed by atoms with Gasteiger partial charge in [0.1, 0.15) is 0 Å². The van der Waals surface area contributed by atoms with Crippen LogP contribution in [0.15, 0.2) is 0 Å². The molecule has 47 valence electrons. The van der Waals surface area contributed by atoms with Gasteiger partial charge in [-0.25, -0.2) is 0 Å². The molecule has 0 aromatic carbocycles. The Morgan fingerprint density at radius 3 is 0.500 bits per heavy atom. The Morgan fingerprint density at radius 2 is 0.500 bits per heavy atom. The zero-order valence-corrected chi connectivity index (χ0v) is 7.73. The Labute approximate surface area is 77.7 Å². The van der Waals surface area contributed by atoms with E-state index in [4.69, 9.17) is 0 Å². The number of rotatable bonds is 0. The molecule has 0 aliphatic carbocycles. The van der Waals surface area contributed by atoms with Crippen LogP contribution in [-0.4, -0.2) is 36.2 Å². The van der Waals surface area contributed by atoms with Crippen LogP contribution in [0.4, 0.5) is 0 Å². The molecule has 0 aromatic rings. The first-order valence-corrected chi connectivity index (χ1v) is 3.00. The third-order valence-corrected chi connectivity index (χ3v) is 0. The van der Waals surface area contributed by atoms with Gasteiger partial charge in [0.15, 0.2) is 0 Å². The molecule has 0 saturated heterocycles. The molecular weight excluding hydrogens is 106 g/mol. The topological polar surface area (TPSA) is 0 Å². The van der Waals surface area contributed by atoms with Crippen molar-refractivity contribution in [3.8, 4) is 0 Å². The Morgan fingerprint density at radius 1 is 0.500 bits per heavy atom. The third-order valence-electron chi connectivity index (χ3n) is 0. The van der Waals surface area contributed by atoms with Gasteiger partial charge in [0.25, 0.3) is 0 Å². The second-order valence-corrected chi connectivity index (χ2v) is 0. The van der Waals surface area contributed by atoms with Crippen LogP contribution in [0.1, 0.15) is 41.5 Å². The summed E-state index contributed by atoms with van der Waals surface area (Å²) in [6, 6.07) is 0. The minimum absolute atomic E-state index is 0. The van der Waals surface area contributed by atoms with E-state index >= 15 is 0 Å². The first-order chi connectivity index (χ1) is 3.00. The van der Waals surface area contributed by atoms with Gasteiger partial charge in [-0.3, -0.25) is 0 Å². The molecule has 0 N–H and O–H groups in total. The van der Waals surface area contributed by atoms with Crippen LogP contribution in [0, 0.1) is 0 Å². The Bertz CT molecular complexity index is 8.49. The molecule has 0 rings (SSSR count). The molecule has 8 heavy (non-hydrogen) atoms. The molecule has 0 atom stereocenters. The predicted molar refractivity (Wildman–Crippen MR) is 46.9 cm³/mol. The average molecular weight is 125 g/mol. The summed E-state index contributed by atoms with van der Waals surface area (Å²) in [7, 11) is 0. The predicted octanol–water partition coefficient (Wildman–Crippen LogP) is 2.05. The van der Waals surface area contributed by atoms with Crippen LogP contribution in [0.3, 0.4) is 0 Å². The zero-order valence-electron chi connectivity index (χ0n) is 6.58. The van der Waals surface area contributed by atoms with Crippen molar-refractivity contribution in [3.63, 3.8) is 0 Å². The second kappa shape index (κ2) is 324. The van der Waals surface area contributed by atoms with Crippen molar-refractivity contribution in [2.45, 2.75) is 41.5 Å². The molecular formula is C6H19AlLi. The first kappa shape index (κ1) is 35.4. The monoisotopic (exact) mass is 125 g/mol. The second-order valence-electron chi connectivity index (χ2n) is 0. The van der Waals surface area contributed by atoms with Crippen LogP contribution in [-0.2, 0) is 0 Å². The van der Waals surface area contributed by atoms with Crippen molar-refractivity contribution < 1.29 is 0 Å². The van der Waals surface area contributed by atoms with Crippen molar-refractivity contribution in [2.75, 3.05) is 0 Å². The van der Waals surface area contributed by atoms with Gasteiger partial charge in [-0.1, -0.05) is 41.5 Å². The molecule has 0 heterocycles. The minimum atomic E-state index is 0. The van der Waals surface area contributed by atoms with Crippen LogP contribution in [0.5, 0.6) is 0 Å². The van der Waals surface area contributed by atoms with Crippen molar-refractivity contribution in [3.05, 3.63) is 0 Å². The summed E-state index contributed by atoms with van der Waals surface area (Å²) >= 11 is 0. The van der Waals surface area contributed by atoms with E-state index in [0.717, 1.165) is 0 Å². The Kier molecular flexibility index (Phi) is 1430. The molecule has 0 saturated carbocycles. The van der Waals surface area contributed by atoms with Crippen molar-refractivity contribution >= 4 is 36.2 Å². The standard InChI is InChI=1S/3C2H6.Al.Li.H/c3*1-2;;;/h3*1-2H3;;;. The summed E-state index contributed by atoms with van der Waals surface area (Å²) in [5, 5.41) is 0. The molecule has 0 bridgehead atoms. The van der Waals surface area contributed by atoms with E-state index in [2.05, 4.69) is 0 Å². The molecule has 0 unspecified atom stereocenters. The third kappa shape index (κ3) is 210. The van der Waals surface area contributed by atoms with Gasteiger partial charge in [-0.05, 0) is 0 Å². The summed E-state index contributed by atoms with van der Waals surface area (Å²) in [5.41, 5.74) is 0. The molecule has 3 radical (unpaired) electrons. The normalized spacial score (nSPS) is 2.25. The molecule has 0 aliphatic rings. The molecule has 0 spiro atoms. The average Bonchev–Trinajstić information content (AvgIpc) is 1.81. The van der Waals surface area contributed by atoms with Gasteiger partial charge in [0.2, 0.25) is 0 Å². The fourth-order valence-corrected chi connectivity index (χ4v) is 0. The summed E-state index contributed by atoms with van der Waals surface area (Å²) in [5.74, 6) is 0. The maximum absolute atomic E-state index is 2.00. The zero-order chi connectivity index (χ0) is 6.00. The van der Waals surface area contributed by atoms with Crippen LogP contribution < -0.4 is 0 Å². The molecule has 0 aromatic heterocycles. The molecule has 2 heteroatoms. The van der Waals surface area contributed by atoms with E-state index in [1.807, 2.05) is 41.5 Å². The summed E-state index contributed by atoms with van der Waals surface area (Å²) in [6.07, 6.45) is 0. The molecule has 0 aliphatic heterocycles. The first-order valence-electron chi connectivity index (χ1n) is 3.00. The molecule has 0 fully saturated rings. The SMILES string of the molecule is CC.CC.CC.[Al].[LiH]. The van der Waals surface area contributed by atoms with Crippen LogP contribution in [0.2, 0.25) is 0 Å². The van der Waals surface area contributed by atoms with Gasteiger partial charge in [0.05, 0.1) is 0 Å². The van der Waals surface area contributed by atoms with Crippen molar-refractivity contribution in [1.29, 1.82) is 0 Å². The quantitative estimate of drug-likeness (QED) is 0.434. The van der Waals surface area contributed by atoms with Gasteiger partial charge in [-0.2, -0.15) is 0 Å². The van der Waals surface area contributed by atoms with E-state index in [-0.39, 0.29) is 36.2 Å². The molecule has 0 amide bonds. The van der Waals surface area contributed by atoms with E-state index < -0.39 is 0 Å². The van der Waals surface area contributed by atoms with Gasteiger partial charge < -0.3 is 0 Å². The van der Waals surface area contributed by atoms with Gasteiger partial charge in [0, 0.05) is 17.4 Å². The van der Waals surface area contributed by atoms with E-state index in [9.17, 15) is 0 Å². The summed E-state index contributed by atoms with van der Waals surface area (Å²) in [4.78, 5) is 0. The number of hydrogen-bond acceptors (Lipinski definition) is 0. The van der Waals surface area contributed by atoms with Crippen molar-refractivity contribution in [2.24, 2.45) is 0 Å². The maximum atomic E-state index is 2.00. The van der Waals surface area contributed by atoms with Crippen LogP contribution >= 0.6 is 0 Å². The van der Waals surface area contributed by atoms with E-state index in [1.54, 1.807) is 0 Å². The van der Waals surface area contributed by atoms with Crippen LogP contribution in [0.25, 0.3) is 0 Å². The summed E-state index contributed by atoms with van der Waals surface area (Å²) in [6.45, 7) is 12.0. The molecule has 0 nitrogen and oxygen atoms in total. The van der Waals surface area contributed by atoms with Gasteiger partial charge in [-0.15, -0.1) is 0 Å². The van der Waals surface area contributed by atoms with Crippen molar-refractivity contribution in [1.82, 2.24) is 0 Å². The summed E-state index contributed by atoms with van der Waals surface area (Å²) < 4.78 is 0. The number of hydrogen-bond donors (Lipinski definition) is 0. The Balaban J connectivity index is -0.00000000500. The Hall–Kier alpha value is 1.13. The van der Waals surface area contributed by atoms with E-state index in [1.165, 1.54) is 0 Å².